The number of aryl methyl sites for hydroxylation is 1. The van der Waals surface area contributed by atoms with Crippen LogP contribution in [0.2, 0.25) is 0 Å². The molecule has 0 saturated heterocycles. The number of nitrogens with zero attached hydrogens (tertiary/aromatic N) is 4. The fourth-order valence-corrected chi connectivity index (χ4v) is 1.57. The van der Waals surface area contributed by atoms with Crippen LogP contribution in [0.3, 0.4) is 0 Å². The van der Waals surface area contributed by atoms with Gasteiger partial charge in [-0.3, -0.25) is 0 Å². The lowest BCUT2D eigenvalue weighted by atomic mass is 10.1. The Kier molecular flexibility index (Phi) is 3.79. The molecule has 0 bridgehead atoms. The quantitative estimate of drug-likeness (QED) is 0.769. The third kappa shape index (κ3) is 2.66. The summed E-state index contributed by atoms with van der Waals surface area (Å²) in [5.41, 5.74) is 7.56. The van der Waals surface area contributed by atoms with E-state index in [-0.39, 0.29) is 6.61 Å². The minimum Gasteiger partial charge on any atom is -0.396 e. The van der Waals surface area contributed by atoms with E-state index < -0.39 is 0 Å². The molecule has 0 amide bonds. The van der Waals surface area contributed by atoms with Gasteiger partial charge in [-0.15, -0.1) is 5.10 Å². The van der Waals surface area contributed by atoms with Crippen molar-refractivity contribution in [1.29, 1.82) is 0 Å². The van der Waals surface area contributed by atoms with Crippen LogP contribution in [0.15, 0.2) is 24.3 Å². The van der Waals surface area contributed by atoms with Crippen molar-refractivity contribution in [2.24, 2.45) is 5.73 Å². The van der Waals surface area contributed by atoms with E-state index in [4.69, 9.17) is 10.8 Å². The zero-order valence-corrected chi connectivity index (χ0v) is 9.45. The van der Waals surface area contributed by atoms with Crippen LogP contribution < -0.4 is 5.73 Å². The number of rotatable bonds is 5. The topological polar surface area (TPSA) is 89.9 Å². The summed E-state index contributed by atoms with van der Waals surface area (Å²) in [5.74, 6) is 0.710. The number of benzene rings is 1. The predicted molar refractivity (Wildman–Crippen MR) is 62.8 cm³/mol. The molecule has 0 fully saturated rings. The number of aromatic nitrogens is 4. The van der Waals surface area contributed by atoms with Gasteiger partial charge in [-0.1, -0.05) is 24.3 Å². The molecule has 0 aliphatic carbocycles. The summed E-state index contributed by atoms with van der Waals surface area (Å²) in [6.45, 7) is 1.26. The number of nitrogens with two attached hydrogens (primary N) is 1. The van der Waals surface area contributed by atoms with E-state index in [1.165, 1.54) is 0 Å². The molecule has 17 heavy (non-hydrogen) atoms. The van der Waals surface area contributed by atoms with E-state index in [2.05, 4.69) is 15.5 Å². The molecule has 0 radical (unpaired) electrons. The highest BCUT2D eigenvalue weighted by Crippen LogP contribution is 2.16. The van der Waals surface area contributed by atoms with Crippen LogP contribution in [-0.2, 0) is 13.1 Å². The second kappa shape index (κ2) is 5.51. The van der Waals surface area contributed by atoms with Crippen molar-refractivity contribution < 1.29 is 5.11 Å². The maximum atomic E-state index is 8.80. The molecule has 2 rings (SSSR count). The van der Waals surface area contributed by atoms with Crippen LogP contribution in [0.1, 0.15) is 12.0 Å². The fourth-order valence-electron chi connectivity index (χ4n) is 1.57. The SMILES string of the molecule is NCc1ccc(-c2nnnn2CCCO)cc1. The average molecular weight is 233 g/mol. The Morgan fingerprint density at radius 1 is 1.24 bits per heavy atom. The lowest BCUT2D eigenvalue weighted by Crippen LogP contribution is -2.04. The van der Waals surface area contributed by atoms with Crippen molar-refractivity contribution in [2.75, 3.05) is 6.61 Å². The Labute approximate surface area is 99.1 Å². The maximum Gasteiger partial charge on any atom is 0.182 e. The highest BCUT2D eigenvalue weighted by atomic mass is 16.3. The van der Waals surface area contributed by atoms with E-state index in [0.717, 1.165) is 11.1 Å². The van der Waals surface area contributed by atoms with Gasteiger partial charge in [0.1, 0.15) is 0 Å². The molecular formula is C11H15N5O. The molecule has 0 unspecified atom stereocenters. The highest BCUT2D eigenvalue weighted by molar-refractivity contribution is 5.54. The Hall–Kier alpha value is -1.79. The van der Waals surface area contributed by atoms with E-state index in [9.17, 15) is 0 Å². The van der Waals surface area contributed by atoms with Gasteiger partial charge < -0.3 is 10.8 Å². The molecule has 1 aromatic heterocycles. The zero-order valence-electron chi connectivity index (χ0n) is 9.45. The Balaban J connectivity index is 2.23. The van der Waals surface area contributed by atoms with Crippen LogP contribution in [0.4, 0.5) is 0 Å². The lowest BCUT2D eigenvalue weighted by Gasteiger charge is -2.04. The largest absolute Gasteiger partial charge is 0.396 e. The molecule has 0 aliphatic heterocycles. The molecule has 0 saturated carbocycles. The monoisotopic (exact) mass is 233 g/mol. The molecule has 1 aromatic carbocycles. The van der Waals surface area contributed by atoms with E-state index in [1.54, 1.807) is 4.68 Å². The minimum atomic E-state index is 0.130. The highest BCUT2D eigenvalue weighted by Gasteiger charge is 2.07. The number of hydrogen-bond acceptors (Lipinski definition) is 5. The summed E-state index contributed by atoms with van der Waals surface area (Å²) in [5, 5.41) is 20.3. The van der Waals surface area contributed by atoms with Gasteiger partial charge in [0.15, 0.2) is 5.82 Å². The molecule has 1 heterocycles. The van der Waals surface area contributed by atoms with Crippen molar-refractivity contribution in [3.05, 3.63) is 29.8 Å². The number of tetrazole rings is 1. The number of aliphatic hydroxyl groups excluding tert-OH is 1. The molecule has 0 spiro atoms. The third-order valence-electron chi connectivity index (χ3n) is 2.51. The van der Waals surface area contributed by atoms with Crippen molar-refractivity contribution in [2.45, 2.75) is 19.5 Å². The molecule has 0 aliphatic rings. The van der Waals surface area contributed by atoms with Gasteiger partial charge in [-0.05, 0) is 22.4 Å². The maximum absolute atomic E-state index is 8.80. The summed E-state index contributed by atoms with van der Waals surface area (Å²) in [6, 6.07) is 7.81. The standard InChI is InChI=1S/C11H15N5O/c12-8-9-2-4-10(5-3-9)11-13-14-15-16(11)6-1-7-17/h2-5,17H,1,6-8,12H2. The molecule has 2 aromatic rings. The van der Waals surface area contributed by atoms with Crippen molar-refractivity contribution in [3.8, 4) is 11.4 Å². The molecule has 0 atom stereocenters. The first kappa shape index (κ1) is 11.7. The van der Waals surface area contributed by atoms with Crippen LogP contribution in [0, 0.1) is 0 Å². The lowest BCUT2D eigenvalue weighted by molar-refractivity contribution is 0.276. The molecular weight excluding hydrogens is 218 g/mol. The van der Waals surface area contributed by atoms with Crippen molar-refractivity contribution >= 4 is 0 Å². The normalized spacial score (nSPS) is 10.7. The summed E-state index contributed by atoms with van der Waals surface area (Å²) in [6.07, 6.45) is 0.638. The first-order chi connectivity index (χ1) is 8.35. The van der Waals surface area contributed by atoms with Gasteiger partial charge in [0, 0.05) is 25.3 Å². The van der Waals surface area contributed by atoms with Crippen LogP contribution in [0.5, 0.6) is 0 Å². The Morgan fingerprint density at radius 2 is 2.00 bits per heavy atom. The van der Waals surface area contributed by atoms with E-state index in [1.807, 2.05) is 24.3 Å². The summed E-state index contributed by atoms with van der Waals surface area (Å²) in [7, 11) is 0. The first-order valence-electron chi connectivity index (χ1n) is 5.51. The predicted octanol–water partition coefficient (Wildman–Crippen LogP) is 0.181. The second-order valence-electron chi connectivity index (χ2n) is 3.70. The van der Waals surface area contributed by atoms with Crippen molar-refractivity contribution in [3.63, 3.8) is 0 Å². The van der Waals surface area contributed by atoms with Gasteiger partial charge >= 0.3 is 0 Å². The Bertz CT molecular complexity index is 465. The number of hydrogen-bond donors (Lipinski definition) is 2. The zero-order chi connectivity index (χ0) is 12.1. The summed E-state index contributed by atoms with van der Waals surface area (Å²) < 4.78 is 1.69. The summed E-state index contributed by atoms with van der Waals surface area (Å²) in [4.78, 5) is 0. The van der Waals surface area contributed by atoms with Crippen molar-refractivity contribution in [1.82, 2.24) is 20.2 Å². The van der Waals surface area contributed by atoms with E-state index in [0.29, 0.717) is 25.3 Å². The summed E-state index contributed by atoms with van der Waals surface area (Å²) >= 11 is 0. The van der Waals surface area contributed by atoms with Gasteiger partial charge in [-0.2, -0.15) is 0 Å². The van der Waals surface area contributed by atoms with Gasteiger partial charge in [0.2, 0.25) is 0 Å². The number of aliphatic hydroxyl groups is 1. The molecule has 90 valence electrons. The Morgan fingerprint density at radius 3 is 2.65 bits per heavy atom. The minimum absolute atomic E-state index is 0.130. The average Bonchev–Trinajstić information content (AvgIpc) is 2.84. The van der Waals surface area contributed by atoms with Gasteiger partial charge in [-0.25, -0.2) is 4.68 Å². The molecule has 6 heteroatoms. The van der Waals surface area contributed by atoms with Crippen LogP contribution >= 0.6 is 0 Å². The second-order valence-corrected chi connectivity index (χ2v) is 3.70. The van der Waals surface area contributed by atoms with Crippen LogP contribution in [-0.4, -0.2) is 31.9 Å². The smallest absolute Gasteiger partial charge is 0.182 e. The third-order valence-corrected chi connectivity index (χ3v) is 2.51. The molecule has 3 N–H and O–H groups in total. The van der Waals surface area contributed by atoms with Gasteiger partial charge in [0.05, 0.1) is 0 Å². The van der Waals surface area contributed by atoms with Gasteiger partial charge in [0.25, 0.3) is 0 Å². The van der Waals surface area contributed by atoms with E-state index >= 15 is 0 Å². The molecule has 6 nitrogen and oxygen atoms in total. The first-order valence-corrected chi connectivity index (χ1v) is 5.51. The fraction of sp³-hybridized carbons (Fsp3) is 0.364. The van der Waals surface area contributed by atoms with Crippen LogP contribution in [0.25, 0.3) is 11.4 Å².